The van der Waals surface area contributed by atoms with Crippen LogP contribution in [0.2, 0.25) is 0 Å². The first-order valence-corrected chi connectivity index (χ1v) is 7.21. The van der Waals surface area contributed by atoms with Gasteiger partial charge < -0.3 is 10.8 Å². The van der Waals surface area contributed by atoms with Gasteiger partial charge in [0.15, 0.2) is 0 Å². The first-order valence-electron chi connectivity index (χ1n) is 7.21. The van der Waals surface area contributed by atoms with Crippen LogP contribution in [-0.2, 0) is 6.42 Å². The lowest BCUT2D eigenvalue weighted by Gasteiger charge is -2.39. The molecule has 0 aliphatic heterocycles. The van der Waals surface area contributed by atoms with Gasteiger partial charge in [-0.3, -0.25) is 0 Å². The summed E-state index contributed by atoms with van der Waals surface area (Å²) < 4.78 is 0. The van der Waals surface area contributed by atoms with Gasteiger partial charge in [-0.05, 0) is 30.4 Å². The highest BCUT2D eigenvalue weighted by Crippen LogP contribution is 2.39. The molecule has 1 atom stereocenters. The molecule has 1 fully saturated rings. The van der Waals surface area contributed by atoms with Gasteiger partial charge in [-0.1, -0.05) is 50.5 Å². The Morgan fingerprint density at radius 2 is 1.78 bits per heavy atom. The molecule has 3 N–H and O–H groups in total. The molecule has 2 heteroatoms. The molecule has 0 aromatic heterocycles. The van der Waals surface area contributed by atoms with E-state index < -0.39 is 5.60 Å². The Labute approximate surface area is 110 Å². The molecule has 2 rings (SSSR count). The van der Waals surface area contributed by atoms with Crippen LogP contribution in [0.1, 0.15) is 56.1 Å². The van der Waals surface area contributed by atoms with E-state index in [4.69, 9.17) is 5.73 Å². The van der Waals surface area contributed by atoms with E-state index in [0.29, 0.717) is 6.54 Å². The van der Waals surface area contributed by atoms with E-state index in [1.54, 1.807) is 0 Å². The van der Waals surface area contributed by atoms with Crippen LogP contribution in [-0.4, -0.2) is 17.3 Å². The largest absolute Gasteiger partial charge is 0.389 e. The van der Waals surface area contributed by atoms with Crippen LogP contribution in [0.5, 0.6) is 0 Å². The molecule has 0 bridgehead atoms. The highest BCUT2D eigenvalue weighted by Gasteiger charge is 2.37. The number of hydrogen-bond donors (Lipinski definition) is 2. The Balaban J connectivity index is 2.20. The van der Waals surface area contributed by atoms with Crippen molar-refractivity contribution in [2.75, 3.05) is 6.54 Å². The molecule has 0 amide bonds. The van der Waals surface area contributed by atoms with Crippen LogP contribution >= 0.6 is 0 Å². The molecule has 1 unspecified atom stereocenters. The second-order valence-corrected chi connectivity index (χ2v) is 5.55. The van der Waals surface area contributed by atoms with Crippen molar-refractivity contribution in [3.63, 3.8) is 0 Å². The van der Waals surface area contributed by atoms with E-state index in [9.17, 15) is 5.11 Å². The van der Waals surface area contributed by atoms with Gasteiger partial charge in [0, 0.05) is 12.5 Å². The zero-order chi connectivity index (χ0) is 13.0. The fourth-order valence-electron chi connectivity index (χ4n) is 3.16. The minimum absolute atomic E-state index is 0.0868. The molecule has 1 aromatic carbocycles. The SMILES string of the molecule is CCc1ccc(C(CN)C2(O)CCCCC2)cc1. The van der Waals surface area contributed by atoms with E-state index in [-0.39, 0.29) is 5.92 Å². The average Bonchev–Trinajstić information content (AvgIpc) is 2.41. The van der Waals surface area contributed by atoms with Gasteiger partial charge in [0.2, 0.25) is 0 Å². The van der Waals surface area contributed by atoms with Crippen LogP contribution in [0.15, 0.2) is 24.3 Å². The van der Waals surface area contributed by atoms with Crippen molar-refractivity contribution >= 4 is 0 Å². The van der Waals surface area contributed by atoms with Gasteiger partial charge in [-0.2, -0.15) is 0 Å². The fourth-order valence-corrected chi connectivity index (χ4v) is 3.16. The minimum Gasteiger partial charge on any atom is -0.389 e. The van der Waals surface area contributed by atoms with Crippen molar-refractivity contribution in [1.29, 1.82) is 0 Å². The third-order valence-electron chi connectivity index (χ3n) is 4.39. The number of hydrogen-bond acceptors (Lipinski definition) is 2. The summed E-state index contributed by atoms with van der Waals surface area (Å²) >= 11 is 0. The summed E-state index contributed by atoms with van der Waals surface area (Å²) in [5.74, 6) is 0.0868. The Morgan fingerprint density at radius 3 is 2.28 bits per heavy atom. The molecular weight excluding hydrogens is 222 g/mol. The van der Waals surface area contributed by atoms with Gasteiger partial charge in [0.1, 0.15) is 0 Å². The molecule has 0 radical (unpaired) electrons. The number of rotatable bonds is 4. The molecule has 2 nitrogen and oxygen atoms in total. The third kappa shape index (κ3) is 2.76. The zero-order valence-electron chi connectivity index (χ0n) is 11.4. The minimum atomic E-state index is -0.583. The standard InChI is InChI=1S/C16H25NO/c1-2-13-6-8-14(9-7-13)15(12-17)16(18)10-4-3-5-11-16/h6-9,15,18H,2-5,10-12,17H2,1H3. The van der Waals surface area contributed by atoms with Crippen molar-refractivity contribution in [2.24, 2.45) is 5.73 Å². The lowest BCUT2D eigenvalue weighted by Crippen LogP contribution is -2.41. The number of aryl methyl sites for hydroxylation is 1. The smallest absolute Gasteiger partial charge is 0.0728 e. The summed E-state index contributed by atoms with van der Waals surface area (Å²) in [6.07, 6.45) is 6.33. The molecule has 1 aromatic rings. The summed E-state index contributed by atoms with van der Waals surface area (Å²) in [5, 5.41) is 10.8. The molecule has 0 saturated heterocycles. The van der Waals surface area contributed by atoms with E-state index in [1.165, 1.54) is 17.5 Å². The zero-order valence-corrected chi connectivity index (χ0v) is 11.4. The van der Waals surface area contributed by atoms with Gasteiger partial charge in [0.25, 0.3) is 0 Å². The average molecular weight is 247 g/mol. The summed E-state index contributed by atoms with van der Waals surface area (Å²) in [6.45, 7) is 2.69. The van der Waals surface area contributed by atoms with Gasteiger partial charge in [-0.25, -0.2) is 0 Å². The second kappa shape index (κ2) is 5.85. The second-order valence-electron chi connectivity index (χ2n) is 5.55. The molecule has 100 valence electrons. The molecule has 1 aliphatic carbocycles. The van der Waals surface area contributed by atoms with Crippen molar-refractivity contribution < 1.29 is 5.11 Å². The summed E-state index contributed by atoms with van der Waals surface area (Å²) in [6, 6.07) is 8.60. The maximum Gasteiger partial charge on any atom is 0.0728 e. The van der Waals surface area contributed by atoms with Crippen molar-refractivity contribution in [1.82, 2.24) is 0 Å². The Morgan fingerprint density at radius 1 is 1.17 bits per heavy atom. The molecule has 0 heterocycles. The molecule has 1 aliphatic rings. The van der Waals surface area contributed by atoms with Gasteiger partial charge in [-0.15, -0.1) is 0 Å². The maximum atomic E-state index is 10.8. The first-order chi connectivity index (χ1) is 8.69. The van der Waals surface area contributed by atoms with E-state index in [2.05, 4.69) is 31.2 Å². The molecule has 18 heavy (non-hydrogen) atoms. The van der Waals surface area contributed by atoms with Gasteiger partial charge in [0.05, 0.1) is 5.60 Å². The third-order valence-corrected chi connectivity index (χ3v) is 4.39. The van der Waals surface area contributed by atoms with Crippen LogP contribution in [0.25, 0.3) is 0 Å². The summed E-state index contributed by atoms with van der Waals surface area (Å²) in [7, 11) is 0. The predicted molar refractivity (Wildman–Crippen MR) is 75.7 cm³/mol. The summed E-state index contributed by atoms with van der Waals surface area (Å²) in [5.41, 5.74) is 7.88. The molecule has 1 saturated carbocycles. The van der Waals surface area contributed by atoms with Crippen LogP contribution in [0.4, 0.5) is 0 Å². The topological polar surface area (TPSA) is 46.2 Å². The fraction of sp³-hybridized carbons (Fsp3) is 0.625. The van der Waals surface area contributed by atoms with E-state index >= 15 is 0 Å². The van der Waals surface area contributed by atoms with Crippen molar-refractivity contribution in [2.45, 2.75) is 57.0 Å². The highest BCUT2D eigenvalue weighted by atomic mass is 16.3. The van der Waals surface area contributed by atoms with Crippen molar-refractivity contribution in [3.05, 3.63) is 35.4 Å². The lowest BCUT2D eigenvalue weighted by atomic mass is 9.73. The monoisotopic (exact) mass is 247 g/mol. The Bertz CT molecular complexity index is 365. The normalized spacial score (nSPS) is 20.6. The van der Waals surface area contributed by atoms with Crippen LogP contribution in [0.3, 0.4) is 0 Å². The molecule has 0 spiro atoms. The quantitative estimate of drug-likeness (QED) is 0.859. The molecular formula is C16H25NO. The number of aliphatic hydroxyl groups is 1. The van der Waals surface area contributed by atoms with Crippen LogP contribution in [0, 0.1) is 0 Å². The first kappa shape index (κ1) is 13.6. The highest BCUT2D eigenvalue weighted by molar-refractivity contribution is 5.28. The lowest BCUT2D eigenvalue weighted by molar-refractivity contribution is -0.0194. The number of benzene rings is 1. The number of nitrogens with two attached hydrogens (primary N) is 1. The predicted octanol–water partition coefficient (Wildman–Crippen LogP) is 2.99. The maximum absolute atomic E-state index is 10.8. The van der Waals surface area contributed by atoms with Crippen molar-refractivity contribution in [3.8, 4) is 0 Å². The van der Waals surface area contributed by atoms with E-state index in [1.807, 2.05) is 0 Å². The summed E-state index contributed by atoms with van der Waals surface area (Å²) in [4.78, 5) is 0. The van der Waals surface area contributed by atoms with Gasteiger partial charge >= 0.3 is 0 Å². The van der Waals surface area contributed by atoms with E-state index in [0.717, 1.165) is 32.1 Å². The Hall–Kier alpha value is -0.860. The van der Waals surface area contributed by atoms with Crippen LogP contribution < -0.4 is 5.73 Å². The Kier molecular flexibility index (Phi) is 4.41.